The van der Waals surface area contributed by atoms with Gasteiger partial charge in [-0.2, -0.15) is 0 Å². The summed E-state index contributed by atoms with van der Waals surface area (Å²) in [6.07, 6.45) is 2.03. The van der Waals surface area contributed by atoms with E-state index in [-0.39, 0.29) is 23.5 Å². The Bertz CT molecular complexity index is 1760. The largest absolute Gasteiger partial charge is 0.493 e. The molecule has 3 aliphatic heterocycles. The normalized spacial score (nSPS) is 24.5. The molecule has 6 rings (SSSR count). The molecule has 0 aromatic heterocycles. The second kappa shape index (κ2) is 13.9. The van der Waals surface area contributed by atoms with Crippen LogP contribution < -0.4 is 4.74 Å². The standard InChI is InChI=1S/C40H49Cl2N5O3/c1-8-50-34-26-30(38(3,4)5)15-20-33(34)36-43-39(6,28-11-16-31(41)17-12-28)40(7,29-13-18-32(42)19-14-29)47(36)37(49)45-24-22-44(23-25-45)35-10-9-21-46(35)27(2)48/h11-20,26,35H,8-10,21-25H2,1-7H3/t35?,39-,40+/m0/s1. The maximum atomic E-state index is 15.3. The molecule has 50 heavy (non-hydrogen) atoms. The van der Waals surface area contributed by atoms with E-state index in [1.54, 1.807) is 6.92 Å². The molecule has 0 N–H and O–H groups in total. The van der Waals surface area contributed by atoms with Gasteiger partial charge in [-0.25, -0.2) is 4.79 Å². The van der Waals surface area contributed by atoms with Crippen molar-refractivity contribution in [2.45, 2.75) is 84.0 Å². The van der Waals surface area contributed by atoms with Crippen molar-refractivity contribution in [1.29, 1.82) is 0 Å². The Morgan fingerprint density at radius 3 is 2.04 bits per heavy atom. The van der Waals surface area contributed by atoms with Crippen LogP contribution in [-0.2, 0) is 21.3 Å². The molecule has 3 amide bonds. The lowest BCUT2D eigenvalue weighted by molar-refractivity contribution is -0.133. The van der Waals surface area contributed by atoms with Crippen LogP contribution >= 0.6 is 23.2 Å². The number of hydrogen-bond acceptors (Lipinski definition) is 5. The fourth-order valence-electron chi connectivity index (χ4n) is 7.86. The highest BCUT2D eigenvalue weighted by Crippen LogP contribution is 2.54. The summed E-state index contributed by atoms with van der Waals surface area (Å²) >= 11 is 12.8. The van der Waals surface area contributed by atoms with Crippen LogP contribution in [0.3, 0.4) is 0 Å². The highest BCUT2D eigenvalue weighted by molar-refractivity contribution is 6.30. The van der Waals surface area contributed by atoms with Crippen LogP contribution in [0.5, 0.6) is 5.75 Å². The van der Waals surface area contributed by atoms with Gasteiger partial charge in [0.1, 0.15) is 22.7 Å². The zero-order valence-electron chi connectivity index (χ0n) is 30.3. The summed E-state index contributed by atoms with van der Waals surface area (Å²) in [6, 6.07) is 21.6. The Morgan fingerprint density at radius 2 is 1.48 bits per heavy atom. The first kappa shape index (κ1) is 36.2. The number of benzene rings is 3. The summed E-state index contributed by atoms with van der Waals surface area (Å²) < 4.78 is 6.33. The third kappa shape index (κ3) is 6.39. The van der Waals surface area contributed by atoms with E-state index in [1.165, 1.54) is 0 Å². The summed E-state index contributed by atoms with van der Waals surface area (Å²) in [4.78, 5) is 41.4. The Labute approximate surface area is 307 Å². The minimum absolute atomic E-state index is 0.0799. The monoisotopic (exact) mass is 717 g/mol. The second-order valence-electron chi connectivity index (χ2n) is 15.0. The van der Waals surface area contributed by atoms with Crippen LogP contribution in [0.4, 0.5) is 4.79 Å². The van der Waals surface area contributed by atoms with E-state index in [9.17, 15) is 4.79 Å². The van der Waals surface area contributed by atoms with Crippen molar-refractivity contribution in [1.82, 2.24) is 19.6 Å². The molecule has 2 saturated heterocycles. The van der Waals surface area contributed by atoms with Gasteiger partial charge < -0.3 is 14.5 Å². The van der Waals surface area contributed by atoms with Gasteiger partial charge in [0.25, 0.3) is 0 Å². The van der Waals surface area contributed by atoms with Gasteiger partial charge in [0.15, 0.2) is 0 Å². The minimum atomic E-state index is -0.988. The molecule has 1 unspecified atom stereocenters. The molecule has 266 valence electrons. The number of urea groups is 1. The van der Waals surface area contributed by atoms with Crippen molar-refractivity contribution in [3.8, 4) is 5.75 Å². The number of aliphatic imine (C=N–C) groups is 1. The van der Waals surface area contributed by atoms with Gasteiger partial charge in [-0.3, -0.25) is 19.6 Å². The number of halogens is 2. The molecule has 0 saturated carbocycles. The van der Waals surface area contributed by atoms with E-state index >= 15 is 4.79 Å². The molecule has 3 aromatic rings. The van der Waals surface area contributed by atoms with Crippen molar-refractivity contribution in [3.63, 3.8) is 0 Å². The van der Waals surface area contributed by atoms with Crippen LogP contribution in [0, 0.1) is 0 Å². The molecule has 0 radical (unpaired) electrons. The van der Waals surface area contributed by atoms with Crippen LogP contribution in [0.25, 0.3) is 0 Å². The Balaban J connectivity index is 1.49. The summed E-state index contributed by atoms with van der Waals surface area (Å²) in [5.41, 5.74) is 1.68. The zero-order chi connectivity index (χ0) is 36.0. The smallest absolute Gasteiger partial charge is 0.326 e. The number of carbonyl (C=O) groups is 2. The molecule has 8 nitrogen and oxygen atoms in total. The molecular weight excluding hydrogens is 669 g/mol. The molecule has 0 bridgehead atoms. The molecule has 10 heteroatoms. The fourth-order valence-corrected chi connectivity index (χ4v) is 8.12. The van der Waals surface area contributed by atoms with Gasteiger partial charge in [0, 0.05) is 49.7 Å². The minimum Gasteiger partial charge on any atom is -0.493 e. The molecule has 3 aromatic carbocycles. The summed E-state index contributed by atoms with van der Waals surface area (Å²) in [5, 5.41) is 1.24. The zero-order valence-corrected chi connectivity index (χ0v) is 31.8. The highest BCUT2D eigenvalue weighted by Gasteiger charge is 2.60. The first-order valence-corrected chi connectivity index (χ1v) is 18.4. The third-order valence-corrected chi connectivity index (χ3v) is 11.5. The van der Waals surface area contributed by atoms with Gasteiger partial charge in [0.2, 0.25) is 5.91 Å². The molecule has 0 spiro atoms. The first-order valence-electron chi connectivity index (χ1n) is 17.7. The van der Waals surface area contributed by atoms with Crippen molar-refractivity contribution in [2.75, 3.05) is 39.3 Å². The number of amides is 3. The van der Waals surface area contributed by atoms with E-state index in [0.29, 0.717) is 54.4 Å². The topological polar surface area (TPSA) is 68.7 Å². The molecule has 0 aliphatic carbocycles. The number of hydrogen-bond donors (Lipinski definition) is 0. The van der Waals surface area contributed by atoms with Crippen molar-refractivity contribution >= 4 is 41.0 Å². The quantitative estimate of drug-likeness (QED) is 0.257. The Hall–Kier alpha value is -3.59. The van der Waals surface area contributed by atoms with Crippen molar-refractivity contribution in [3.05, 3.63) is 99.0 Å². The molecule has 3 atom stereocenters. The number of ether oxygens (including phenoxy) is 1. The van der Waals surface area contributed by atoms with Crippen LogP contribution in [0.1, 0.15) is 83.6 Å². The lowest BCUT2D eigenvalue weighted by atomic mass is 9.71. The van der Waals surface area contributed by atoms with Gasteiger partial charge in [0.05, 0.1) is 18.3 Å². The predicted octanol–water partition coefficient (Wildman–Crippen LogP) is 8.29. The van der Waals surface area contributed by atoms with E-state index < -0.39 is 11.1 Å². The number of amidine groups is 1. The first-order chi connectivity index (χ1) is 23.7. The third-order valence-electron chi connectivity index (χ3n) is 11.0. The molecule has 2 fully saturated rings. The van der Waals surface area contributed by atoms with Gasteiger partial charge >= 0.3 is 6.03 Å². The maximum Gasteiger partial charge on any atom is 0.326 e. The second-order valence-corrected chi connectivity index (χ2v) is 15.8. The number of likely N-dealkylation sites (tertiary alicyclic amines) is 1. The van der Waals surface area contributed by atoms with E-state index in [1.807, 2.05) is 70.2 Å². The fraction of sp³-hybridized carbons (Fsp3) is 0.475. The predicted molar refractivity (Wildman–Crippen MR) is 201 cm³/mol. The highest BCUT2D eigenvalue weighted by atomic mass is 35.5. The van der Waals surface area contributed by atoms with E-state index in [2.05, 4.69) is 57.7 Å². The number of carbonyl (C=O) groups excluding carboxylic acids is 2. The summed E-state index contributed by atoms with van der Waals surface area (Å²) in [5.74, 6) is 1.34. The van der Waals surface area contributed by atoms with Gasteiger partial charge in [-0.15, -0.1) is 0 Å². The molecule has 3 aliphatic rings. The van der Waals surface area contributed by atoms with Gasteiger partial charge in [-0.05, 0) is 92.1 Å². The van der Waals surface area contributed by atoms with Crippen LogP contribution in [0.2, 0.25) is 10.0 Å². The number of rotatable bonds is 6. The maximum absolute atomic E-state index is 15.3. The van der Waals surface area contributed by atoms with E-state index in [4.69, 9.17) is 32.9 Å². The SMILES string of the molecule is CCOc1cc(C(C)(C)C)ccc1C1=N[C@@](C)(c2ccc(Cl)cc2)[C@@](C)(c2ccc(Cl)cc2)N1C(=O)N1CCN(C2CCCN2C(C)=O)CC1. The molecular formula is C40H49Cl2N5O3. The van der Waals surface area contributed by atoms with Crippen LogP contribution in [0.15, 0.2) is 71.7 Å². The average molecular weight is 719 g/mol. The number of piperazine rings is 1. The van der Waals surface area contributed by atoms with Crippen molar-refractivity contribution in [2.24, 2.45) is 4.99 Å². The van der Waals surface area contributed by atoms with Gasteiger partial charge in [-0.1, -0.05) is 74.3 Å². The Morgan fingerprint density at radius 1 is 0.880 bits per heavy atom. The average Bonchev–Trinajstić information content (AvgIpc) is 3.67. The van der Waals surface area contributed by atoms with Crippen LogP contribution in [-0.4, -0.2) is 82.9 Å². The van der Waals surface area contributed by atoms with E-state index in [0.717, 1.165) is 41.6 Å². The molecule has 3 heterocycles. The lowest BCUT2D eigenvalue weighted by Crippen LogP contribution is -2.62. The summed E-state index contributed by atoms with van der Waals surface area (Å²) in [6.45, 7) is 18.0. The summed E-state index contributed by atoms with van der Waals surface area (Å²) in [7, 11) is 0. The lowest BCUT2D eigenvalue weighted by Gasteiger charge is -2.48. The van der Waals surface area contributed by atoms with Crippen molar-refractivity contribution < 1.29 is 14.3 Å². The number of nitrogens with zero attached hydrogens (tertiary/aromatic N) is 5. The Kier molecular flexibility index (Phi) is 10.0.